The molecule has 4 heteroatoms. The Morgan fingerprint density at radius 2 is 2.17 bits per heavy atom. The zero-order valence-corrected chi connectivity index (χ0v) is 11.6. The second-order valence-corrected chi connectivity index (χ2v) is 5.77. The molecule has 2 aliphatic rings. The van der Waals surface area contributed by atoms with Gasteiger partial charge in [-0.25, -0.2) is 0 Å². The van der Waals surface area contributed by atoms with E-state index < -0.39 is 0 Å². The maximum Gasteiger partial charge on any atom is 0.138 e. The summed E-state index contributed by atoms with van der Waals surface area (Å²) in [6.07, 6.45) is 3.99. The van der Waals surface area contributed by atoms with E-state index >= 15 is 0 Å². The molecule has 2 aliphatic heterocycles. The van der Waals surface area contributed by atoms with Crippen LogP contribution in [0, 0.1) is 13.8 Å². The summed E-state index contributed by atoms with van der Waals surface area (Å²) in [7, 11) is 0. The molecule has 2 fully saturated rings. The zero-order chi connectivity index (χ0) is 12.7. The lowest BCUT2D eigenvalue weighted by Gasteiger charge is -2.25. The van der Waals surface area contributed by atoms with E-state index in [2.05, 4.69) is 22.3 Å². The third-order valence-corrected chi connectivity index (χ3v) is 4.59. The molecule has 0 aliphatic carbocycles. The van der Waals surface area contributed by atoms with E-state index in [4.69, 9.17) is 4.52 Å². The predicted molar refractivity (Wildman–Crippen MR) is 70.5 cm³/mol. The lowest BCUT2D eigenvalue weighted by Crippen LogP contribution is -2.40. The van der Waals surface area contributed by atoms with Crippen molar-refractivity contribution in [1.29, 1.82) is 0 Å². The quantitative estimate of drug-likeness (QED) is 0.891. The highest BCUT2D eigenvalue weighted by atomic mass is 16.5. The molecule has 18 heavy (non-hydrogen) atoms. The minimum atomic E-state index is 0.335. The second kappa shape index (κ2) is 4.67. The Hall–Kier alpha value is -0.870. The molecule has 1 aromatic rings. The maximum atomic E-state index is 5.27. The van der Waals surface area contributed by atoms with Crippen LogP contribution in [-0.4, -0.2) is 35.2 Å². The molecule has 0 spiro atoms. The Balaban J connectivity index is 1.69. The summed E-state index contributed by atoms with van der Waals surface area (Å²) in [6, 6.07) is 1.73. The summed E-state index contributed by atoms with van der Waals surface area (Å²) in [6.45, 7) is 8.81. The van der Waals surface area contributed by atoms with E-state index in [1.54, 1.807) is 0 Å². The Morgan fingerprint density at radius 1 is 1.33 bits per heavy atom. The van der Waals surface area contributed by atoms with Gasteiger partial charge in [-0.1, -0.05) is 5.16 Å². The van der Waals surface area contributed by atoms with Gasteiger partial charge in [-0.3, -0.25) is 4.90 Å². The molecule has 100 valence electrons. The highest BCUT2D eigenvalue weighted by Gasteiger charge is 2.37. The number of rotatable bonds is 3. The molecule has 4 nitrogen and oxygen atoms in total. The van der Waals surface area contributed by atoms with Crippen molar-refractivity contribution in [2.75, 3.05) is 13.1 Å². The average Bonchev–Trinajstić information content (AvgIpc) is 2.98. The minimum Gasteiger partial charge on any atom is -0.361 e. The van der Waals surface area contributed by atoms with Crippen LogP contribution in [0.15, 0.2) is 4.52 Å². The third-order valence-electron chi connectivity index (χ3n) is 4.59. The van der Waals surface area contributed by atoms with Crippen LogP contribution in [0.3, 0.4) is 0 Å². The number of aromatic nitrogens is 1. The Morgan fingerprint density at radius 3 is 2.89 bits per heavy atom. The van der Waals surface area contributed by atoms with Crippen molar-refractivity contribution in [1.82, 2.24) is 15.4 Å². The highest BCUT2D eigenvalue weighted by Crippen LogP contribution is 2.30. The number of nitrogens with one attached hydrogen (secondary N) is 1. The Kier molecular flexibility index (Phi) is 3.16. The van der Waals surface area contributed by atoms with Gasteiger partial charge in [0.2, 0.25) is 0 Å². The van der Waals surface area contributed by atoms with E-state index in [1.807, 2.05) is 13.8 Å². The van der Waals surface area contributed by atoms with E-state index in [9.17, 15) is 0 Å². The Bertz CT molecular complexity index is 409. The number of hydrogen-bond donors (Lipinski definition) is 1. The first-order valence-electron chi connectivity index (χ1n) is 7.09. The standard InChI is InChI=1S/C14H23N3O/c1-9(14-10(2)16-18-11(14)3)15-12-6-8-17-7-4-5-13(12)17/h9,12-13,15H,4-8H2,1-3H3. The lowest BCUT2D eigenvalue weighted by molar-refractivity contribution is 0.290. The predicted octanol–water partition coefficient (Wildman–Crippen LogP) is 2.18. The van der Waals surface area contributed by atoms with E-state index in [-0.39, 0.29) is 0 Å². The van der Waals surface area contributed by atoms with Gasteiger partial charge in [-0.2, -0.15) is 0 Å². The van der Waals surface area contributed by atoms with Gasteiger partial charge >= 0.3 is 0 Å². The van der Waals surface area contributed by atoms with Crippen LogP contribution in [-0.2, 0) is 0 Å². The van der Waals surface area contributed by atoms with Crippen molar-refractivity contribution in [2.24, 2.45) is 0 Å². The normalized spacial score (nSPS) is 29.7. The van der Waals surface area contributed by atoms with Gasteiger partial charge in [0, 0.05) is 30.2 Å². The summed E-state index contributed by atoms with van der Waals surface area (Å²) >= 11 is 0. The van der Waals surface area contributed by atoms with Crippen LogP contribution < -0.4 is 5.32 Å². The van der Waals surface area contributed by atoms with Crippen LogP contribution in [0.25, 0.3) is 0 Å². The molecule has 1 aromatic heterocycles. The molecule has 2 saturated heterocycles. The molecule has 3 unspecified atom stereocenters. The van der Waals surface area contributed by atoms with Gasteiger partial charge in [0.25, 0.3) is 0 Å². The fraction of sp³-hybridized carbons (Fsp3) is 0.786. The summed E-state index contributed by atoms with van der Waals surface area (Å²) in [4.78, 5) is 2.64. The molecular formula is C14H23N3O. The van der Waals surface area contributed by atoms with Gasteiger partial charge < -0.3 is 9.84 Å². The average molecular weight is 249 g/mol. The van der Waals surface area contributed by atoms with Crippen molar-refractivity contribution in [3.05, 3.63) is 17.0 Å². The molecule has 0 radical (unpaired) electrons. The molecule has 3 rings (SSSR count). The van der Waals surface area contributed by atoms with Gasteiger partial charge in [0.15, 0.2) is 0 Å². The van der Waals surface area contributed by atoms with Gasteiger partial charge in [0.05, 0.1) is 5.69 Å². The van der Waals surface area contributed by atoms with Crippen LogP contribution in [0.2, 0.25) is 0 Å². The number of hydrogen-bond acceptors (Lipinski definition) is 4. The monoisotopic (exact) mass is 249 g/mol. The van der Waals surface area contributed by atoms with E-state index in [1.165, 1.54) is 37.9 Å². The smallest absolute Gasteiger partial charge is 0.138 e. The first-order valence-corrected chi connectivity index (χ1v) is 7.09. The fourth-order valence-corrected chi connectivity index (χ4v) is 3.79. The second-order valence-electron chi connectivity index (χ2n) is 5.77. The Labute approximate surface area is 109 Å². The van der Waals surface area contributed by atoms with Crippen LogP contribution in [0.1, 0.15) is 49.2 Å². The molecule has 0 amide bonds. The van der Waals surface area contributed by atoms with Crippen molar-refractivity contribution in [2.45, 2.75) is 58.2 Å². The first-order chi connectivity index (χ1) is 8.66. The van der Waals surface area contributed by atoms with Crippen LogP contribution in [0.4, 0.5) is 0 Å². The molecule has 1 N–H and O–H groups in total. The van der Waals surface area contributed by atoms with Crippen LogP contribution in [0.5, 0.6) is 0 Å². The molecule has 3 heterocycles. The number of fused-ring (bicyclic) bond motifs is 1. The maximum absolute atomic E-state index is 5.27. The largest absolute Gasteiger partial charge is 0.361 e. The summed E-state index contributed by atoms with van der Waals surface area (Å²) in [5, 5.41) is 7.85. The number of nitrogens with zero attached hydrogens (tertiary/aromatic N) is 2. The van der Waals surface area contributed by atoms with Crippen molar-refractivity contribution < 1.29 is 4.52 Å². The zero-order valence-electron chi connectivity index (χ0n) is 11.6. The topological polar surface area (TPSA) is 41.3 Å². The van der Waals surface area contributed by atoms with E-state index in [0.29, 0.717) is 12.1 Å². The van der Waals surface area contributed by atoms with Crippen molar-refractivity contribution in [3.8, 4) is 0 Å². The van der Waals surface area contributed by atoms with Gasteiger partial charge in [-0.15, -0.1) is 0 Å². The summed E-state index contributed by atoms with van der Waals surface area (Å²) in [5.41, 5.74) is 2.26. The molecule has 0 bridgehead atoms. The van der Waals surface area contributed by atoms with Crippen LogP contribution >= 0.6 is 0 Å². The first kappa shape index (κ1) is 12.2. The summed E-state index contributed by atoms with van der Waals surface area (Å²) < 4.78 is 5.27. The van der Waals surface area contributed by atoms with Gasteiger partial charge in [0.1, 0.15) is 5.76 Å². The SMILES string of the molecule is Cc1noc(C)c1C(C)NC1CCN2CCCC12. The molecule has 3 atom stereocenters. The van der Waals surface area contributed by atoms with Gasteiger partial charge in [-0.05, 0) is 46.6 Å². The fourth-order valence-electron chi connectivity index (χ4n) is 3.79. The molecular weight excluding hydrogens is 226 g/mol. The number of aryl methyl sites for hydroxylation is 2. The molecule has 0 saturated carbocycles. The highest BCUT2D eigenvalue weighted by molar-refractivity contribution is 5.24. The third kappa shape index (κ3) is 1.97. The van der Waals surface area contributed by atoms with Crippen molar-refractivity contribution >= 4 is 0 Å². The lowest BCUT2D eigenvalue weighted by atomic mass is 10.0. The van der Waals surface area contributed by atoms with Crippen molar-refractivity contribution in [3.63, 3.8) is 0 Å². The summed E-state index contributed by atoms with van der Waals surface area (Å²) in [5.74, 6) is 0.953. The minimum absolute atomic E-state index is 0.335. The van der Waals surface area contributed by atoms with E-state index in [0.717, 1.165) is 17.5 Å². The molecule has 0 aromatic carbocycles.